The molecule has 15 heavy (non-hydrogen) atoms. The zero-order valence-electron chi connectivity index (χ0n) is 8.36. The summed E-state index contributed by atoms with van der Waals surface area (Å²) in [4.78, 5) is 26.2. The SMILES string of the molecule is COC(=O)C(C)C(=O)c1ccc(F)cn1. The van der Waals surface area contributed by atoms with E-state index in [9.17, 15) is 14.0 Å². The van der Waals surface area contributed by atoms with Gasteiger partial charge in [0.05, 0.1) is 13.3 Å². The van der Waals surface area contributed by atoms with Crippen LogP contribution in [0.15, 0.2) is 18.3 Å². The Morgan fingerprint density at radius 3 is 2.60 bits per heavy atom. The van der Waals surface area contributed by atoms with E-state index in [-0.39, 0.29) is 5.69 Å². The summed E-state index contributed by atoms with van der Waals surface area (Å²) in [6.45, 7) is 1.42. The summed E-state index contributed by atoms with van der Waals surface area (Å²) < 4.78 is 16.9. The predicted molar refractivity (Wildman–Crippen MR) is 49.7 cm³/mol. The molecule has 0 amide bonds. The third kappa shape index (κ3) is 2.59. The summed E-state index contributed by atoms with van der Waals surface area (Å²) in [7, 11) is 1.20. The van der Waals surface area contributed by atoms with Crippen molar-refractivity contribution >= 4 is 11.8 Å². The lowest BCUT2D eigenvalue weighted by Gasteiger charge is -2.06. The molecule has 1 unspecified atom stereocenters. The van der Waals surface area contributed by atoms with Crippen LogP contribution in [0.25, 0.3) is 0 Å². The number of rotatable bonds is 3. The van der Waals surface area contributed by atoms with Crippen molar-refractivity contribution in [3.63, 3.8) is 0 Å². The van der Waals surface area contributed by atoms with Gasteiger partial charge in [0.1, 0.15) is 17.4 Å². The highest BCUT2D eigenvalue weighted by Crippen LogP contribution is 2.08. The largest absolute Gasteiger partial charge is 0.468 e. The molecule has 5 heteroatoms. The van der Waals surface area contributed by atoms with Gasteiger partial charge < -0.3 is 4.74 Å². The second kappa shape index (κ2) is 4.63. The molecule has 0 aromatic carbocycles. The zero-order chi connectivity index (χ0) is 11.4. The average Bonchev–Trinajstić information content (AvgIpc) is 2.27. The number of carbonyl (C=O) groups is 2. The molecule has 0 bridgehead atoms. The van der Waals surface area contributed by atoms with Crippen molar-refractivity contribution in [3.05, 3.63) is 29.8 Å². The summed E-state index contributed by atoms with van der Waals surface area (Å²) >= 11 is 0. The van der Waals surface area contributed by atoms with E-state index in [1.165, 1.54) is 20.1 Å². The zero-order valence-corrected chi connectivity index (χ0v) is 8.36. The molecule has 0 N–H and O–H groups in total. The van der Waals surface area contributed by atoms with Crippen LogP contribution in [0.4, 0.5) is 4.39 Å². The van der Waals surface area contributed by atoms with Gasteiger partial charge in [-0.15, -0.1) is 0 Å². The maximum Gasteiger partial charge on any atom is 0.316 e. The minimum absolute atomic E-state index is 0.0503. The Kier molecular flexibility index (Phi) is 3.49. The van der Waals surface area contributed by atoms with E-state index < -0.39 is 23.5 Å². The number of Topliss-reactive ketones (excluding diaryl/α,β-unsaturated/α-hetero) is 1. The van der Waals surface area contributed by atoms with Crippen molar-refractivity contribution in [1.29, 1.82) is 0 Å². The minimum Gasteiger partial charge on any atom is -0.468 e. The lowest BCUT2D eigenvalue weighted by atomic mass is 10.0. The first kappa shape index (κ1) is 11.3. The van der Waals surface area contributed by atoms with Crippen LogP contribution in [0.3, 0.4) is 0 Å². The van der Waals surface area contributed by atoms with E-state index in [4.69, 9.17) is 0 Å². The normalized spacial score (nSPS) is 11.9. The van der Waals surface area contributed by atoms with Gasteiger partial charge in [0, 0.05) is 0 Å². The van der Waals surface area contributed by atoms with Gasteiger partial charge in [-0.05, 0) is 19.1 Å². The molecule has 0 radical (unpaired) electrons. The van der Waals surface area contributed by atoms with Crippen molar-refractivity contribution in [2.75, 3.05) is 7.11 Å². The van der Waals surface area contributed by atoms with Crippen LogP contribution in [0.5, 0.6) is 0 Å². The second-order valence-electron chi connectivity index (χ2n) is 2.97. The molecule has 0 saturated carbocycles. The van der Waals surface area contributed by atoms with Gasteiger partial charge in [-0.1, -0.05) is 0 Å². The van der Waals surface area contributed by atoms with E-state index in [1.54, 1.807) is 0 Å². The number of halogens is 1. The maximum absolute atomic E-state index is 12.5. The number of ketones is 1. The van der Waals surface area contributed by atoms with Gasteiger partial charge in [-0.25, -0.2) is 4.39 Å². The second-order valence-corrected chi connectivity index (χ2v) is 2.97. The van der Waals surface area contributed by atoms with Gasteiger partial charge in [0.2, 0.25) is 0 Å². The number of nitrogens with zero attached hydrogens (tertiary/aromatic N) is 1. The lowest BCUT2D eigenvalue weighted by Crippen LogP contribution is -2.23. The summed E-state index contributed by atoms with van der Waals surface area (Å²) in [6.07, 6.45) is 0.928. The molecule has 1 aromatic heterocycles. The summed E-state index contributed by atoms with van der Waals surface area (Å²) in [6, 6.07) is 2.35. The highest BCUT2D eigenvalue weighted by Gasteiger charge is 2.24. The Balaban J connectivity index is 2.85. The molecule has 0 spiro atoms. The number of ether oxygens (including phenoxy) is 1. The van der Waals surface area contributed by atoms with Crippen molar-refractivity contribution in [1.82, 2.24) is 4.98 Å². The van der Waals surface area contributed by atoms with Crippen molar-refractivity contribution in [2.24, 2.45) is 5.92 Å². The van der Waals surface area contributed by atoms with E-state index in [0.29, 0.717) is 0 Å². The van der Waals surface area contributed by atoms with Gasteiger partial charge in [0.25, 0.3) is 0 Å². The molecular weight excluding hydrogens is 201 g/mol. The standard InChI is InChI=1S/C10H10FNO3/c1-6(10(14)15-2)9(13)8-4-3-7(11)5-12-8/h3-6H,1-2H3. The van der Waals surface area contributed by atoms with Crippen LogP contribution in [0.1, 0.15) is 17.4 Å². The van der Waals surface area contributed by atoms with Gasteiger partial charge in [-0.2, -0.15) is 0 Å². The first-order chi connectivity index (χ1) is 7.06. The van der Waals surface area contributed by atoms with Crippen LogP contribution in [0.2, 0.25) is 0 Å². The van der Waals surface area contributed by atoms with E-state index in [2.05, 4.69) is 9.72 Å². The Morgan fingerprint density at radius 1 is 1.47 bits per heavy atom. The fourth-order valence-electron chi connectivity index (χ4n) is 1.03. The third-order valence-electron chi connectivity index (χ3n) is 1.93. The first-order valence-electron chi connectivity index (χ1n) is 4.30. The van der Waals surface area contributed by atoms with Crippen molar-refractivity contribution < 1.29 is 18.7 Å². The van der Waals surface area contributed by atoms with Crippen LogP contribution < -0.4 is 0 Å². The number of carbonyl (C=O) groups excluding carboxylic acids is 2. The Labute approximate surface area is 86.1 Å². The molecule has 0 aliphatic rings. The molecule has 0 fully saturated rings. The smallest absolute Gasteiger partial charge is 0.316 e. The fraction of sp³-hybridized carbons (Fsp3) is 0.300. The van der Waals surface area contributed by atoms with Crippen LogP contribution in [-0.2, 0) is 9.53 Å². The monoisotopic (exact) mass is 211 g/mol. The highest BCUT2D eigenvalue weighted by molar-refractivity contribution is 6.07. The molecule has 1 aromatic rings. The quantitative estimate of drug-likeness (QED) is 0.428. The van der Waals surface area contributed by atoms with Crippen LogP contribution >= 0.6 is 0 Å². The van der Waals surface area contributed by atoms with Gasteiger partial charge in [0.15, 0.2) is 5.78 Å². The van der Waals surface area contributed by atoms with Crippen LogP contribution in [-0.4, -0.2) is 23.8 Å². The first-order valence-corrected chi connectivity index (χ1v) is 4.30. The summed E-state index contributed by atoms with van der Waals surface area (Å²) in [5.74, 6) is -2.57. The van der Waals surface area contributed by atoms with E-state index in [1.807, 2.05) is 0 Å². The third-order valence-corrected chi connectivity index (χ3v) is 1.93. The number of hydrogen-bond donors (Lipinski definition) is 0. The Morgan fingerprint density at radius 2 is 2.13 bits per heavy atom. The predicted octanol–water partition coefficient (Wildman–Crippen LogP) is 1.21. The Bertz CT molecular complexity index is 375. The molecule has 0 saturated heterocycles. The minimum atomic E-state index is -0.923. The molecule has 1 rings (SSSR count). The number of methoxy groups -OCH3 is 1. The molecule has 1 atom stereocenters. The summed E-state index contributed by atoms with van der Waals surface area (Å²) in [5, 5.41) is 0. The number of pyridine rings is 1. The molecule has 1 heterocycles. The number of esters is 1. The molecule has 80 valence electrons. The number of aromatic nitrogens is 1. The van der Waals surface area contributed by atoms with E-state index in [0.717, 1.165) is 12.3 Å². The fourth-order valence-corrected chi connectivity index (χ4v) is 1.03. The molecule has 4 nitrogen and oxygen atoms in total. The maximum atomic E-state index is 12.5. The molecule has 0 aliphatic heterocycles. The molecular formula is C10H10FNO3. The summed E-state index contributed by atoms with van der Waals surface area (Å²) in [5.41, 5.74) is 0.0503. The van der Waals surface area contributed by atoms with E-state index >= 15 is 0 Å². The number of hydrogen-bond acceptors (Lipinski definition) is 4. The highest BCUT2D eigenvalue weighted by atomic mass is 19.1. The van der Waals surface area contributed by atoms with Gasteiger partial charge in [-0.3, -0.25) is 14.6 Å². The Hall–Kier alpha value is -1.78. The van der Waals surface area contributed by atoms with Crippen LogP contribution in [0, 0.1) is 11.7 Å². The molecule has 0 aliphatic carbocycles. The average molecular weight is 211 g/mol. The van der Waals surface area contributed by atoms with Crippen molar-refractivity contribution in [2.45, 2.75) is 6.92 Å². The topological polar surface area (TPSA) is 56.3 Å². The lowest BCUT2D eigenvalue weighted by molar-refractivity contribution is -0.143. The van der Waals surface area contributed by atoms with Gasteiger partial charge >= 0.3 is 5.97 Å². The van der Waals surface area contributed by atoms with Crippen molar-refractivity contribution in [3.8, 4) is 0 Å².